The minimum atomic E-state index is -0.160. The Hall–Kier alpha value is -0.970. The molecule has 0 radical (unpaired) electrons. The molecule has 4 heteroatoms. The molecule has 0 aromatic heterocycles. The lowest BCUT2D eigenvalue weighted by Gasteiger charge is -2.31. The Labute approximate surface area is 114 Å². The molecule has 0 amide bonds. The molecule has 0 spiro atoms. The van der Waals surface area contributed by atoms with Crippen LogP contribution in [0.2, 0.25) is 0 Å². The maximum Gasteiger partial charge on any atom is 0.123 e. The highest BCUT2D eigenvalue weighted by Gasteiger charge is 2.18. The van der Waals surface area contributed by atoms with Crippen LogP contribution >= 0.6 is 0 Å². The molecule has 106 valence electrons. The van der Waals surface area contributed by atoms with Gasteiger partial charge in [0, 0.05) is 25.7 Å². The second-order valence-corrected chi connectivity index (χ2v) is 5.32. The molecule has 0 saturated carbocycles. The van der Waals surface area contributed by atoms with Gasteiger partial charge in [0.05, 0.1) is 12.7 Å². The Balaban J connectivity index is 1.82. The van der Waals surface area contributed by atoms with Gasteiger partial charge in [-0.25, -0.2) is 4.39 Å². The fourth-order valence-electron chi connectivity index (χ4n) is 2.40. The highest BCUT2D eigenvalue weighted by Crippen LogP contribution is 2.10. The highest BCUT2D eigenvalue weighted by atomic mass is 19.1. The summed E-state index contributed by atoms with van der Waals surface area (Å²) in [7, 11) is 2.10. The zero-order valence-electron chi connectivity index (χ0n) is 11.7. The first kappa shape index (κ1) is 14.4. The standard InChI is InChI=1S/C15H23FN2O/c1-12(8-13-4-3-5-14(16)9-13)18(2)11-15-10-17-6-7-19-15/h3-5,9,12,15,17H,6-8,10-11H2,1-2H3. The van der Waals surface area contributed by atoms with Crippen molar-refractivity contribution in [1.29, 1.82) is 0 Å². The molecule has 2 rings (SSSR count). The molecule has 1 aliphatic heterocycles. The van der Waals surface area contributed by atoms with Gasteiger partial charge in [0.15, 0.2) is 0 Å². The van der Waals surface area contributed by atoms with E-state index in [4.69, 9.17) is 4.74 Å². The summed E-state index contributed by atoms with van der Waals surface area (Å²) in [5.74, 6) is -0.160. The van der Waals surface area contributed by atoms with Crippen LogP contribution in [0.25, 0.3) is 0 Å². The van der Waals surface area contributed by atoms with E-state index in [1.54, 1.807) is 12.1 Å². The Morgan fingerprint density at radius 2 is 2.37 bits per heavy atom. The second kappa shape index (κ2) is 6.98. The van der Waals surface area contributed by atoms with Crippen LogP contribution in [0.15, 0.2) is 24.3 Å². The monoisotopic (exact) mass is 266 g/mol. The molecule has 2 atom stereocenters. The fraction of sp³-hybridized carbons (Fsp3) is 0.600. The van der Waals surface area contributed by atoms with Crippen molar-refractivity contribution < 1.29 is 9.13 Å². The van der Waals surface area contributed by atoms with Crippen molar-refractivity contribution in [1.82, 2.24) is 10.2 Å². The number of halogens is 1. The van der Waals surface area contributed by atoms with Crippen molar-refractivity contribution in [3.05, 3.63) is 35.6 Å². The van der Waals surface area contributed by atoms with Gasteiger partial charge in [0.25, 0.3) is 0 Å². The van der Waals surface area contributed by atoms with Crippen molar-refractivity contribution >= 4 is 0 Å². The van der Waals surface area contributed by atoms with Crippen LogP contribution in [0.3, 0.4) is 0 Å². The van der Waals surface area contributed by atoms with Crippen molar-refractivity contribution in [2.75, 3.05) is 33.3 Å². The molecule has 1 fully saturated rings. The van der Waals surface area contributed by atoms with Gasteiger partial charge in [0.1, 0.15) is 5.82 Å². The number of likely N-dealkylation sites (N-methyl/N-ethyl adjacent to an activating group) is 1. The van der Waals surface area contributed by atoms with Crippen LogP contribution in [0.5, 0.6) is 0 Å². The molecule has 1 heterocycles. The molecule has 19 heavy (non-hydrogen) atoms. The van der Waals surface area contributed by atoms with E-state index in [0.717, 1.165) is 38.2 Å². The molecule has 2 unspecified atom stereocenters. The number of benzene rings is 1. The lowest BCUT2D eigenvalue weighted by molar-refractivity contribution is 0.00414. The zero-order valence-corrected chi connectivity index (χ0v) is 11.7. The van der Waals surface area contributed by atoms with Gasteiger partial charge in [-0.1, -0.05) is 12.1 Å². The quantitative estimate of drug-likeness (QED) is 0.877. The Bertz CT molecular complexity index is 393. The first-order chi connectivity index (χ1) is 9.15. The average molecular weight is 266 g/mol. The van der Waals surface area contributed by atoms with E-state index >= 15 is 0 Å². The van der Waals surface area contributed by atoms with Crippen molar-refractivity contribution in [2.45, 2.75) is 25.5 Å². The molecule has 1 aliphatic rings. The minimum absolute atomic E-state index is 0.160. The van der Waals surface area contributed by atoms with E-state index in [0.29, 0.717) is 6.04 Å². The maximum atomic E-state index is 13.1. The SMILES string of the molecule is CC(Cc1cccc(F)c1)N(C)CC1CNCCO1. The van der Waals surface area contributed by atoms with Gasteiger partial charge < -0.3 is 15.0 Å². The summed E-state index contributed by atoms with van der Waals surface area (Å²) in [5.41, 5.74) is 1.04. The summed E-state index contributed by atoms with van der Waals surface area (Å²) in [4.78, 5) is 2.28. The van der Waals surface area contributed by atoms with Gasteiger partial charge in [-0.2, -0.15) is 0 Å². The molecule has 0 bridgehead atoms. The van der Waals surface area contributed by atoms with Crippen LogP contribution in [0.4, 0.5) is 4.39 Å². The third-order valence-electron chi connectivity index (χ3n) is 3.67. The molecular weight excluding hydrogens is 243 g/mol. The van der Waals surface area contributed by atoms with Crippen molar-refractivity contribution in [3.8, 4) is 0 Å². The number of nitrogens with zero attached hydrogens (tertiary/aromatic N) is 1. The van der Waals surface area contributed by atoms with Gasteiger partial charge in [-0.3, -0.25) is 0 Å². The number of nitrogens with one attached hydrogen (secondary N) is 1. The minimum Gasteiger partial charge on any atom is -0.374 e. The second-order valence-electron chi connectivity index (χ2n) is 5.32. The van der Waals surface area contributed by atoms with Crippen LogP contribution in [-0.4, -0.2) is 50.3 Å². The van der Waals surface area contributed by atoms with E-state index in [1.165, 1.54) is 6.07 Å². The third-order valence-corrected chi connectivity index (χ3v) is 3.67. The molecule has 3 nitrogen and oxygen atoms in total. The van der Waals surface area contributed by atoms with Crippen molar-refractivity contribution in [3.63, 3.8) is 0 Å². The molecule has 1 aromatic carbocycles. The molecule has 1 N–H and O–H groups in total. The summed E-state index contributed by atoms with van der Waals surface area (Å²) < 4.78 is 18.9. The summed E-state index contributed by atoms with van der Waals surface area (Å²) in [6.07, 6.45) is 1.11. The van der Waals surface area contributed by atoms with Gasteiger partial charge >= 0.3 is 0 Å². The molecule has 1 saturated heterocycles. The van der Waals surface area contributed by atoms with E-state index < -0.39 is 0 Å². The number of hydrogen-bond acceptors (Lipinski definition) is 3. The number of hydrogen-bond donors (Lipinski definition) is 1. The van der Waals surface area contributed by atoms with E-state index in [9.17, 15) is 4.39 Å². The van der Waals surface area contributed by atoms with Gasteiger partial charge in [-0.05, 0) is 38.1 Å². The van der Waals surface area contributed by atoms with Gasteiger partial charge in [-0.15, -0.1) is 0 Å². The van der Waals surface area contributed by atoms with E-state index in [1.807, 2.05) is 6.07 Å². The summed E-state index contributed by atoms with van der Waals surface area (Å²) in [5, 5.41) is 3.34. The third kappa shape index (κ3) is 4.56. The normalized spacial score (nSPS) is 21.6. The largest absolute Gasteiger partial charge is 0.374 e. The lowest BCUT2D eigenvalue weighted by atomic mass is 10.1. The summed E-state index contributed by atoms with van der Waals surface area (Å²) in [6, 6.07) is 7.22. The van der Waals surface area contributed by atoms with Gasteiger partial charge in [0.2, 0.25) is 0 Å². The number of ether oxygens (including phenoxy) is 1. The highest BCUT2D eigenvalue weighted by molar-refractivity contribution is 5.17. The summed E-state index contributed by atoms with van der Waals surface area (Å²) >= 11 is 0. The first-order valence-electron chi connectivity index (χ1n) is 6.92. The Kier molecular flexibility index (Phi) is 5.31. The number of morpholine rings is 1. The predicted molar refractivity (Wildman–Crippen MR) is 74.8 cm³/mol. The topological polar surface area (TPSA) is 24.5 Å². The fourth-order valence-corrected chi connectivity index (χ4v) is 2.40. The Morgan fingerprint density at radius 1 is 1.53 bits per heavy atom. The maximum absolute atomic E-state index is 13.1. The average Bonchev–Trinajstić information content (AvgIpc) is 2.40. The smallest absolute Gasteiger partial charge is 0.123 e. The van der Waals surface area contributed by atoms with E-state index in [-0.39, 0.29) is 11.9 Å². The van der Waals surface area contributed by atoms with Crippen LogP contribution in [0, 0.1) is 5.82 Å². The molecule has 1 aromatic rings. The van der Waals surface area contributed by atoms with Crippen LogP contribution < -0.4 is 5.32 Å². The lowest BCUT2D eigenvalue weighted by Crippen LogP contribution is -2.46. The van der Waals surface area contributed by atoms with E-state index in [2.05, 4.69) is 24.2 Å². The van der Waals surface area contributed by atoms with Crippen LogP contribution in [-0.2, 0) is 11.2 Å². The number of rotatable bonds is 5. The Morgan fingerprint density at radius 3 is 3.05 bits per heavy atom. The van der Waals surface area contributed by atoms with Crippen molar-refractivity contribution in [2.24, 2.45) is 0 Å². The zero-order chi connectivity index (χ0) is 13.7. The van der Waals surface area contributed by atoms with Crippen LogP contribution in [0.1, 0.15) is 12.5 Å². The summed E-state index contributed by atoms with van der Waals surface area (Å²) in [6.45, 7) is 5.72. The molecular formula is C15H23FN2O. The predicted octanol–water partition coefficient (Wildman–Crippen LogP) is 1.68. The molecule has 0 aliphatic carbocycles. The first-order valence-corrected chi connectivity index (χ1v) is 6.92.